The standard InChI is InChI=1S/C27H29ClN2/c1-22-9-11-23(12-10-22)6-5-17-29-18-20-30(21-19-29)27(24-7-3-2-4-8-24)25-13-15-26(28)16-14-25/h2-16,27H,17-21H2,1H3. The lowest BCUT2D eigenvalue weighted by Gasteiger charge is -2.39. The average Bonchev–Trinajstić information content (AvgIpc) is 2.78. The first-order chi connectivity index (χ1) is 14.7. The van der Waals surface area contributed by atoms with Crippen molar-refractivity contribution in [1.82, 2.24) is 9.80 Å². The van der Waals surface area contributed by atoms with Gasteiger partial charge < -0.3 is 0 Å². The van der Waals surface area contributed by atoms with Crippen LogP contribution in [0.15, 0.2) is 84.9 Å². The van der Waals surface area contributed by atoms with Crippen LogP contribution in [-0.4, -0.2) is 42.5 Å². The number of rotatable bonds is 6. The van der Waals surface area contributed by atoms with Crippen molar-refractivity contribution < 1.29 is 0 Å². The second kappa shape index (κ2) is 10.1. The summed E-state index contributed by atoms with van der Waals surface area (Å²) in [7, 11) is 0. The molecule has 0 saturated carbocycles. The topological polar surface area (TPSA) is 6.48 Å². The van der Waals surface area contributed by atoms with E-state index in [2.05, 4.69) is 95.6 Å². The fourth-order valence-corrected chi connectivity index (χ4v) is 4.24. The van der Waals surface area contributed by atoms with Gasteiger partial charge in [0.2, 0.25) is 0 Å². The maximum absolute atomic E-state index is 6.14. The van der Waals surface area contributed by atoms with E-state index in [4.69, 9.17) is 11.6 Å². The number of hydrogen-bond acceptors (Lipinski definition) is 2. The molecule has 3 heteroatoms. The Bertz CT molecular complexity index is 940. The Kier molecular flexibility index (Phi) is 7.01. The quantitative estimate of drug-likeness (QED) is 0.481. The molecule has 1 unspecified atom stereocenters. The van der Waals surface area contributed by atoms with Crippen LogP contribution in [0.1, 0.15) is 28.3 Å². The van der Waals surface area contributed by atoms with Crippen LogP contribution in [0.4, 0.5) is 0 Å². The van der Waals surface area contributed by atoms with E-state index in [0.717, 1.165) is 37.7 Å². The molecule has 0 aromatic heterocycles. The Hall–Kier alpha value is -2.39. The van der Waals surface area contributed by atoms with Gasteiger partial charge in [-0.2, -0.15) is 0 Å². The molecule has 3 aromatic carbocycles. The minimum Gasteiger partial charge on any atom is -0.297 e. The molecule has 1 atom stereocenters. The van der Waals surface area contributed by atoms with E-state index in [1.54, 1.807) is 0 Å². The predicted octanol–water partition coefficient (Wildman–Crippen LogP) is 6.07. The maximum Gasteiger partial charge on any atom is 0.0602 e. The molecular weight excluding hydrogens is 388 g/mol. The molecular formula is C27H29ClN2. The van der Waals surface area contributed by atoms with Crippen molar-refractivity contribution >= 4 is 17.7 Å². The summed E-state index contributed by atoms with van der Waals surface area (Å²) in [4.78, 5) is 5.13. The van der Waals surface area contributed by atoms with Gasteiger partial charge in [-0.1, -0.05) is 96.0 Å². The molecule has 0 amide bonds. The molecule has 154 valence electrons. The molecule has 0 radical (unpaired) electrons. The van der Waals surface area contributed by atoms with Crippen molar-refractivity contribution in [2.75, 3.05) is 32.7 Å². The predicted molar refractivity (Wildman–Crippen MR) is 128 cm³/mol. The first-order valence-corrected chi connectivity index (χ1v) is 11.1. The molecule has 30 heavy (non-hydrogen) atoms. The lowest BCUT2D eigenvalue weighted by molar-refractivity contribution is 0.118. The van der Waals surface area contributed by atoms with Crippen LogP contribution in [0.25, 0.3) is 6.08 Å². The molecule has 0 bridgehead atoms. The van der Waals surface area contributed by atoms with Crippen LogP contribution < -0.4 is 0 Å². The summed E-state index contributed by atoms with van der Waals surface area (Å²) in [6.45, 7) is 7.39. The second-order valence-corrected chi connectivity index (χ2v) is 8.45. The molecule has 1 fully saturated rings. The molecule has 1 aliphatic heterocycles. The summed E-state index contributed by atoms with van der Waals surface area (Å²) in [6.07, 6.45) is 4.51. The van der Waals surface area contributed by atoms with Crippen molar-refractivity contribution in [2.24, 2.45) is 0 Å². The number of halogens is 1. The lowest BCUT2D eigenvalue weighted by atomic mass is 9.96. The third kappa shape index (κ3) is 5.40. The second-order valence-electron chi connectivity index (χ2n) is 8.01. The fraction of sp³-hybridized carbons (Fsp3) is 0.259. The highest BCUT2D eigenvalue weighted by molar-refractivity contribution is 6.30. The largest absolute Gasteiger partial charge is 0.297 e. The summed E-state index contributed by atoms with van der Waals surface area (Å²) in [5.41, 5.74) is 5.22. The zero-order valence-corrected chi connectivity index (χ0v) is 18.3. The van der Waals surface area contributed by atoms with E-state index in [1.165, 1.54) is 22.3 Å². The number of hydrogen-bond donors (Lipinski definition) is 0. The molecule has 1 aliphatic rings. The Morgan fingerprint density at radius 2 is 1.43 bits per heavy atom. The number of piperazine rings is 1. The summed E-state index contributed by atoms with van der Waals surface area (Å²) in [6, 6.07) is 28.1. The van der Waals surface area contributed by atoms with Gasteiger partial charge in [-0.05, 0) is 35.7 Å². The van der Waals surface area contributed by atoms with Gasteiger partial charge in [-0.15, -0.1) is 0 Å². The molecule has 3 aromatic rings. The van der Waals surface area contributed by atoms with Crippen molar-refractivity contribution in [3.05, 3.63) is 112 Å². The van der Waals surface area contributed by atoms with E-state index < -0.39 is 0 Å². The first-order valence-electron chi connectivity index (χ1n) is 10.7. The van der Waals surface area contributed by atoms with Crippen LogP contribution in [0.3, 0.4) is 0 Å². The van der Waals surface area contributed by atoms with E-state index in [0.29, 0.717) is 0 Å². The molecule has 0 N–H and O–H groups in total. The van der Waals surface area contributed by atoms with Gasteiger partial charge in [0.05, 0.1) is 6.04 Å². The van der Waals surface area contributed by atoms with Gasteiger partial charge in [0.15, 0.2) is 0 Å². The van der Waals surface area contributed by atoms with E-state index in [9.17, 15) is 0 Å². The first kappa shape index (κ1) is 20.9. The van der Waals surface area contributed by atoms with Gasteiger partial charge in [0, 0.05) is 37.7 Å². The van der Waals surface area contributed by atoms with Crippen LogP contribution in [0.5, 0.6) is 0 Å². The highest BCUT2D eigenvalue weighted by Gasteiger charge is 2.25. The molecule has 0 spiro atoms. The zero-order valence-electron chi connectivity index (χ0n) is 17.5. The van der Waals surface area contributed by atoms with Crippen molar-refractivity contribution in [3.8, 4) is 0 Å². The molecule has 4 rings (SSSR count). The van der Waals surface area contributed by atoms with Gasteiger partial charge in [0.25, 0.3) is 0 Å². The van der Waals surface area contributed by atoms with Crippen LogP contribution >= 0.6 is 11.6 Å². The minimum absolute atomic E-state index is 0.272. The number of nitrogens with zero attached hydrogens (tertiary/aromatic N) is 2. The van der Waals surface area contributed by atoms with Crippen molar-refractivity contribution in [1.29, 1.82) is 0 Å². The third-order valence-electron chi connectivity index (χ3n) is 5.82. The van der Waals surface area contributed by atoms with Gasteiger partial charge in [-0.25, -0.2) is 0 Å². The summed E-state index contributed by atoms with van der Waals surface area (Å²) in [5, 5.41) is 0.788. The summed E-state index contributed by atoms with van der Waals surface area (Å²) in [5.74, 6) is 0. The normalized spacial score (nSPS) is 16.7. The highest BCUT2D eigenvalue weighted by atomic mass is 35.5. The highest BCUT2D eigenvalue weighted by Crippen LogP contribution is 2.30. The van der Waals surface area contributed by atoms with Crippen molar-refractivity contribution in [2.45, 2.75) is 13.0 Å². The monoisotopic (exact) mass is 416 g/mol. The van der Waals surface area contributed by atoms with Crippen molar-refractivity contribution in [3.63, 3.8) is 0 Å². The van der Waals surface area contributed by atoms with Crippen LogP contribution in [-0.2, 0) is 0 Å². The third-order valence-corrected chi connectivity index (χ3v) is 6.08. The van der Waals surface area contributed by atoms with Gasteiger partial charge >= 0.3 is 0 Å². The van der Waals surface area contributed by atoms with E-state index in [-0.39, 0.29) is 6.04 Å². The minimum atomic E-state index is 0.272. The smallest absolute Gasteiger partial charge is 0.0602 e. The fourth-order valence-electron chi connectivity index (χ4n) is 4.11. The molecule has 1 saturated heterocycles. The Labute approximate surface area is 185 Å². The average molecular weight is 417 g/mol. The summed E-state index contributed by atoms with van der Waals surface area (Å²) < 4.78 is 0. The maximum atomic E-state index is 6.14. The Morgan fingerprint density at radius 3 is 2.10 bits per heavy atom. The van der Waals surface area contributed by atoms with E-state index in [1.807, 2.05) is 12.1 Å². The molecule has 2 nitrogen and oxygen atoms in total. The number of benzene rings is 3. The Morgan fingerprint density at radius 1 is 0.800 bits per heavy atom. The number of aryl methyl sites for hydroxylation is 1. The zero-order chi connectivity index (χ0) is 20.8. The van der Waals surface area contributed by atoms with Gasteiger partial charge in [-0.3, -0.25) is 9.80 Å². The SMILES string of the molecule is Cc1ccc(C=CCN2CCN(C(c3ccccc3)c3ccc(Cl)cc3)CC2)cc1. The van der Waals surface area contributed by atoms with Gasteiger partial charge in [0.1, 0.15) is 0 Å². The van der Waals surface area contributed by atoms with Crippen LogP contribution in [0, 0.1) is 6.92 Å². The molecule has 0 aliphatic carbocycles. The van der Waals surface area contributed by atoms with Crippen LogP contribution in [0.2, 0.25) is 5.02 Å². The lowest BCUT2D eigenvalue weighted by Crippen LogP contribution is -2.47. The Balaban J connectivity index is 1.40. The summed E-state index contributed by atoms with van der Waals surface area (Å²) >= 11 is 6.14. The molecule has 1 heterocycles. The van der Waals surface area contributed by atoms with E-state index >= 15 is 0 Å².